The van der Waals surface area contributed by atoms with E-state index in [2.05, 4.69) is 5.32 Å². The molecule has 1 unspecified atom stereocenters. The number of carbonyl (C=O) groups excluding carboxylic acids is 1. The number of nitrogens with one attached hydrogen (secondary N) is 1. The third kappa shape index (κ3) is 7.33. The van der Waals surface area contributed by atoms with Crippen LogP contribution >= 0.6 is 0 Å². The third-order valence-electron chi connectivity index (χ3n) is 1.98. The standard InChI is InChI=1S/C11H23NO3/c1-8(2)9(6-13)12-10(14)7-15-11(3,4)5/h8-9,13H,6-7H2,1-5H3,(H,12,14). The topological polar surface area (TPSA) is 58.6 Å². The lowest BCUT2D eigenvalue weighted by atomic mass is 10.1. The van der Waals surface area contributed by atoms with Crippen LogP contribution in [-0.4, -0.2) is 35.9 Å². The highest BCUT2D eigenvalue weighted by molar-refractivity contribution is 5.77. The van der Waals surface area contributed by atoms with Crippen molar-refractivity contribution in [3.63, 3.8) is 0 Å². The fourth-order valence-electron chi connectivity index (χ4n) is 0.954. The number of amides is 1. The molecular formula is C11H23NO3. The minimum absolute atomic E-state index is 0.0344. The molecule has 2 N–H and O–H groups in total. The summed E-state index contributed by atoms with van der Waals surface area (Å²) >= 11 is 0. The predicted molar refractivity (Wildman–Crippen MR) is 59.6 cm³/mol. The van der Waals surface area contributed by atoms with Gasteiger partial charge in [0.05, 0.1) is 18.2 Å². The summed E-state index contributed by atoms with van der Waals surface area (Å²) in [5, 5.41) is 11.7. The van der Waals surface area contributed by atoms with E-state index in [1.165, 1.54) is 0 Å². The summed E-state index contributed by atoms with van der Waals surface area (Å²) in [6, 6.07) is -0.193. The number of hydrogen-bond acceptors (Lipinski definition) is 3. The molecule has 0 radical (unpaired) electrons. The van der Waals surface area contributed by atoms with E-state index in [1.807, 2.05) is 34.6 Å². The molecule has 15 heavy (non-hydrogen) atoms. The maximum Gasteiger partial charge on any atom is 0.246 e. The first-order valence-electron chi connectivity index (χ1n) is 5.30. The van der Waals surface area contributed by atoms with Crippen LogP contribution in [0.15, 0.2) is 0 Å². The van der Waals surface area contributed by atoms with Gasteiger partial charge in [0.1, 0.15) is 6.61 Å². The molecule has 0 bridgehead atoms. The van der Waals surface area contributed by atoms with Crippen LogP contribution in [0.2, 0.25) is 0 Å². The van der Waals surface area contributed by atoms with Gasteiger partial charge in [-0.05, 0) is 26.7 Å². The maximum atomic E-state index is 11.4. The van der Waals surface area contributed by atoms with Gasteiger partial charge in [-0.25, -0.2) is 0 Å². The molecule has 0 fully saturated rings. The van der Waals surface area contributed by atoms with E-state index in [1.54, 1.807) is 0 Å². The smallest absolute Gasteiger partial charge is 0.246 e. The summed E-state index contributed by atoms with van der Waals surface area (Å²) in [6.45, 7) is 9.58. The zero-order chi connectivity index (χ0) is 12.1. The van der Waals surface area contributed by atoms with Crippen molar-refractivity contribution >= 4 is 5.91 Å². The highest BCUT2D eigenvalue weighted by Gasteiger charge is 2.17. The van der Waals surface area contributed by atoms with Gasteiger partial charge in [-0.2, -0.15) is 0 Å². The summed E-state index contributed by atoms with van der Waals surface area (Å²) in [5.74, 6) is 0.0336. The molecule has 0 heterocycles. The lowest BCUT2D eigenvalue weighted by Crippen LogP contribution is -2.43. The van der Waals surface area contributed by atoms with E-state index in [9.17, 15) is 4.79 Å². The van der Waals surface area contributed by atoms with Crippen molar-refractivity contribution in [2.45, 2.75) is 46.3 Å². The summed E-state index contributed by atoms with van der Waals surface area (Å²) < 4.78 is 5.32. The summed E-state index contributed by atoms with van der Waals surface area (Å²) in [5.41, 5.74) is -0.316. The van der Waals surface area contributed by atoms with Crippen molar-refractivity contribution in [3.8, 4) is 0 Å². The van der Waals surface area contributed by atoms with Gasteiger partial charge in [0.15, 0.2) is 0 Å². The van der Waals surface area contributed by atoms with E-state index in [0.29, 0.717) is 0 Å². The number of rotatable bonds is 5. The second kappa shape index (κ2) is 6.08. The van der Waals surface area contributed by atoms with Crippen molar-refractivity contribution in [2.75, 3.05) is 13.2 Å². The average Bonchev–Trinajstić information content (AvgIpc) is 2.09. The lowest BCUT2D eigenvalue weighted by Gasteiger charge is -2.22. The Labute approximate surface area is 92.0 Å². The van der Waals surface area contributed by atoms with Crippen molar-refractivity contribution in [2.24, 2.45) is 5.92 Å². The monoisotopic (exact) mass is 217 g/mol. The van der Waals surface area contributed by atoms with Crippen LogP contribution in [0.5, 0.6) is 0 Å². The number of aliphatic hydroxyl groups is 1. The second-order valence-corrected chi connectivity index (χ2v) is 5.00. The van der Waals surface area contributed by atoms with E-state index in [-0.39, 0.29) is 36.7 Å². The molecule has 0 saturated carbocycles. The summed E-state index contributed by atoms with van der Waals surface area (Å²) in [6.07, 6.45) is 0. The Bertz CT molecular complexity index is 196. The van der Waals surface area contributed by atoms with E-state index in [0.717, 1.165) is 0 Å². The Kier molecular flexibility index (Phi) is 5.83. The first kappa shape index (κ1) is 14.4. The molecule has 90 valence electrons. The van der Waals surface area contributed by atoms with Crippen LogP contribution in [0.4, 0.5) is 0 Å². The molecule has 0 spiro atoms. The molecule has 4 heteroatoms. The second-order valence-electron chi connectivity index (χ2n) is 5.00. The SMILES string of the molecule is CC(C)C(CO)NC(=O)COC(C)(C)C. The highest BCUT2D eigenvalue weighted by atomic mass is 16.5. The Morgan fingerprint density at radius 3 is 2.27 bits per heavy atom. The van der Waals surface area contributed by atoms with Gasteiger partial charge in [0, 0.05) is 0 Å². The molecular weight excluding hydrogens is 194 g/mol. The Morgan fingerprint density at radius 2 is 1.93 bits per heavy atom. The Balaban J connectivity index is 3.92. The van der Waals surface area contributed by atoms with Crippen molar-refractivity contribution in [3.05, 3.63) is 0 Å². The molecule has 0 rings (SSSR count). The van der Waals surface area contributed by atoms with E-state index in [4.69, 9.17) is 9.84 Å². The van der Waals surface area contributed by atoms with Crippen LogP contribution in [0.1, 0.15) is 34.6 Å². The molecule has 0 aromatic carbocycles. The number of ether oxygens (including phenoxy) is 1. The van der Waals surface area contributed by atoms with Crippen LogP contribution in [0.25, 0.3) is 0 Å². The summed E-state index contributed by atoms with van der Waals surface area (Å²) in [7, 11) is 0. The molecule has 1 amide bonds. The van der Waals surface area contributed by atoms with Gasteiger partial charge in [0.2, 0.25) is 5.91 Å². The Morgan fingerprint density at radius 1 is 1.40 bits per heavy atom. The lowest BCUT2D eigenvalue weighted by molar-refractivity contribution is -0.131. The fourth-order valence-corrected chi connectivity index (χ4v) is 0.954. The molecule has 0 aliphatic carbocycles. The maximum absolute atomic E-state index is 11.4. The molecule has 0 aliphatic heterocycles. The van der Waals surface area contributed by atoms with Gasteiger partial charge in [-0.1, -0.05) is 13.8 Å². The summed E-state index contributed by atoms with van der Waals surface area (Å²) in [4.78, 5) is 11.4. The molecule has 0 aromatic heterocycles. The Hall–Kier alpha value is -0.610. The largest absolute Gasteiger partial charge is 0.394 e. The fraction of sp³-hybridized carbons (Fsp3) is 0.909. The van der Waals surface area contributed by atoms with Gasteiger partial charge in [-0.3, -0.25) is 4.79 Å². The number of aliphatic hydroxyl groups excluding tert-OH is 1. The first-order valence-corrected chi connectivity index (χ1v) is 5.30. The van der Waals surface area contributed by atoms with Crippen LogP contribution in [0.3, 0.4) is 0 Å². The van der Waals surface area contributed by atoms with Gasteiger partial charge in [-0.15, -0.1) is 0 Å². The molecule has 0 aliphatic rings. The average molecular weight is 217 g/mol. The van der Waals surface area contributed by atoms with Crippen LogP contribution in [-0.2, 0) is 9.53 Å². The normalized spacial score (nSPS) is 14.1. The van der Waals surface area contributed by atoms with Gasteiger partial charge in [0.25, 0.3) is 0 Å². The van der Waals surface area contributed by atoms with Gasteiger partial charge >= 0.3 is 0 Å². The molecule has 0 aromatic rings. The molecule has 1 atom stereocenters. The van der Waals surface area contributed by atoms with E-state index < -0.39 is 0 Å². The van der Waals surface area contributed by atoms with Crippen molar-refractivity contribution in [1.82, 2.24) is 5.32 Å². The van der Waals surface area contributed by atoms with Crippen LogP contribution < -0.4 is 5.32 Å². The number of carbonyl (C=O) groups is 1. The third-order valence-corrected chi connectivity index (χ3v) is 1.98. The van der Waals surface area contributed by atoms with E-state index >= 15 is 0 Å². The quantitative estimate of drug-likeness (QED) is 0.720. The molecule has 4 nitrogen and oxygen atoms in total. The zero-order valence-corrected chi connectivity index (χ0v) is 10.3. The van der Waals surface area contributed by atoms with Crippen LogP contribution in [0, 0.1) is 5.92 Å². The highest BCUT2D eigenvalue weighted by Crippen LogP contribution is 2.06. The molecule has 0 saturated heterocycles. The first-order chi connectivity index (χ1) is 6.76. The van der Waals surface area contributed by atoms with Crippen molar-refractivity contribution < 1.29 is 14.6 Å². The predicted octanol–water partition coefficient (Wildman–Crippen LogP) is 0.935. The minimum atomic E-state index is -0.316. The van der Waals surface area contributed by atoms with Gasteiger partial charge < -0.3 is 15.2 Å². The zero-order valence-electron chi connectivity index (χ0n) is 10.3. The minimum Gasteiger partial charge on any atom is -0.394 e. The van der Waals surface area contributed by atoms with Crippen molar-refractivity contribution in [1.29, 1.82) is 0 Å². The number of hydrogen-bond donors (Lipinski definition) is 2.